The summed E-state index contributed by atoms with van der Waals surface area (Å²) < 4.78 is 26.3. The summed E-state index contributed by atoms with van der Waals surface area (Å²) in [5.74, 6) is 0.174. The van der Waals surface area contributed by atoms with Gasteiger partial charge in [0.15, 0.2) is 9.84 Å². The van der Waals surface area contributed by atoms with Crippen molar-refractivity contribution in [3.05, 3.63) is 29.8 Å². The fourth-order valence-electron chi connectivity index (χ4n) is 2.34. The molecular formula is C14H17Cl3N2O4S. The highest BCUT2D eigenvalue weighted by Crippen LogP contribution is 2.30. The van der Waals surface area contributed by atoms with E-state index in [1.165, 1.54) is 7.11 Å². The van der Waals surface area contributed by atoms with E-state index in [0.717, 1.165) is 0 Å². The predicted molar refractivity (Wildman–Crippen MR) is 94.7 cm³/mol. The van der Waals surface area contributed by atoms with E-state index in [9.17, 15) is 13.2 Å². The molecular weight excluding hydrogens is 399 g/mol. The van der Waals surface area contributed by atoms with Crippen molar-refractivity contribution >= 4 is 50.5 Å². The van der Waals surface area contributed by atoms with Crippen molar-refractivity contribution in [2.24, 2.45) is 0 Å². The molecule has 0 aromatic heterocycles. The molecule has 6 nitrogen and oxygen atoms in total. The highest BCUT2D eigenvalue weighted by atomic mass is 35.6. The third-order valence-electron chi connectivity index (χ3n) is 3.59. The molecule has 0 aliphatic carbocycles. The lowest BCUT2D eigenvalue weighted by Gasteiger charge is -2.29. The summed E-state index contributed by atoms with van der Waals surface area (Å²) in [6.45, 7) is 0. The van der Waals surface area contributed by atoms with Crippen LogP contribution in [-0.2, 0) is 9.84 Å². The number of benzene rings is 1. The summed E-state index contributed by atoms with van der Waals surface area (Å²) in [4.78, 5) is 12.3. The van der Waals surface area contributed by atoms with Crippen molar-refractivity contribution in [3.63, 3.8) is 0 Å². The molecule has 1 aliphatic heterocycles. The Morgan fingerprint density at radius 2 is 1.92 bits per heavy atom. The summed E-state index contributed by atoms with van der Waals surface area (Å²) in [6, 6.07) is 6.03. The van der Waals surface area contributed by atoms with Crippen LogP contribution in [0.3, 0.4) is 0 Å². The zero-order chi connectivity index (χ0) is 18.0. The van der Waals surface area contributed by atoms with E-state index in [4.69, 9.17) is 39.5 Å². The van der Waals surface area contributed by atoms with Crippen LogP contribution < -0.4 is 15.4 Å². The largest absolute Gasteiger partial charge is 0.497 e. The van der Waals surface area contributed by atoms with Crippen LogP contribution in [-0.4, -0.2) is 48.9 Å². The Hall–Kier alpha value is -0.730. The monoisotopic (exact) mass is 414 g/mol. The molecule has 2 N–H and O–H groups in total. The number of amides is 1. The van der Waals surface area contributed by atoms with Gasteiger partial charge in [-0.15, -0.1) is 0 Å². The van der Waals surface area contributed by atoms with Crippen LogP contribution in [0.1, 0.15) is 16.8 Å². The molecule has 1 fully saturated rings. The van der Waals surface area contributed by atoms with Gasteiger partial charge in [-0.25, -0.2) is 8.42 Å². The lowest BCUT2D eigenvalue weighted by molar-refractivity contribution is 0.0927. The van der Waals surface area contributed by atoms with Crippen LogP contribution in [0.5, 0.6) is 5.75 Å². The predicted octanol–water partition coefficient (Wildman–Crippen LogP) is 1.90. The minimum Gasteiger partial charge on any atom is -0.497 e. The summed E-state index contributed by atoms with van der Waals surface area (Å²) >= 11 is 17.7. The lowest BCUT2D eigenvalue weighted by Crippen LogP contribution is -2.56. The van der Waals surface area contributed by atoms with E-state index < -0.39 is 25.7 Å². The van der Waals surface area contributed by atoms with Gasteiger partial charge in [0, 0.05) is 11.6 Å². The molecule has 2 atom stereocenters. The Kier molecular flexibility index (Phi) is 6.25. The number of nitrogens with one attached hydrogen (secondary N) is 2. The first-order valence-corrected chi connectivity index (χ1v) is 10.0. The van der Waals surface area contributed by atoms with Gasteiger partial charge in [0.2, 0.25) is 3.79 Å². The quantitative estimate of drug-likeness (QED) is 0.567. The van der Waals surface area contributed by atoms with Crippen LogP contribution in [0.4, 0.5) is 0 Å². The fraction of sp³-hybridized carbons (Fsp3) is 0.500. The molecule has 1 aromatic rings. The van der Waals surface area contributed by atoms with Crippen molar-refractivity contribution < 1.29 is 17.9 Å². The van der Waals surface area contributed by atoms with Gasteiger partial charge in [0.1, 0.15) is 11.9 Å². The standard InChI is InChI=1S/C14H17Cl3N2O4S/c1-23-11-4-2-9(3-5-11)12(20)19-13(14(15,16)17)18-10-6-7-24(21,22)8-10/h2-5,10,13,18H,6-8H2,1H3,(H,19,20)/t10-,13+/m1/s1. The number of halogens is 3. The maximum atomic E-state index is 12.3. The molecule has 0 radical (unpaired) electrons. The number of carbonyl (C=O) groups is 1. The lowest BCUT2D eigenvalue weighted by atomic mass is 10.2. The maximum Gasteiger partial charge on any atom is 0.252 e. The Bertz CT molecular complexity index is 689. The molecule has 0 unspecified atom stereocenters. The van der Waals surface area contributed by atoms with E-state index in [1.54, 1.807) is 24.3 Å². The first-order chi connectivity index (χ1) is 11.1. The highest BCUT2D eigenvalue weighted by molar-refractivity contribution is 7.91. The Morgan fingerprint density at radius 1 is 1.29 bits per heavy atom. The molecule has 134 valence electrons. The Labute approximate surface area is 155 Å². The highest BCUT2D eigenvalue weighted by Gasteiger charge is 2.38. The SMILES string of the molecule is COc1ccc(C(=O)N[C@H](N[C@@H]2CCS(=O)(=O)C2)C(Cl)(Cl)Cl)cc1. The second-order valence-electron chi connectivity index (χ2n) is 5.44. The van der Waals surface area contributed by atoms with Gasteiger partial charge >= 0.3 is 0 Å². The number of methoxy groups -OCH3 is 1. The first kappa shape index (κ1) is 19.6. The Morgan fingerprint density at radius 3 is 2.38 bits per heavy atom. The first-order valence-electron chi connectivity index (χ1n) is 7.09. The third kappa shape index (κ3) is 5.39. The zero-order valence-corrected chi connectivity index (χ0v) is 15.8. The maximum absolute atomic E-state index is 12.3. The number of rotatable bonds is 5. The van der Waals surface area contributed by atoms with Gasteiger partial charge in [-0.3, -0.25) is 10.1 Å². The number of carbonyl (C=O) groups excluding carboxylic acids is 1. The topological polar surface area (TPSA) is 84.5 Å². The third-order valence-corrected chi connectivity index (χ3v) is 6.01. The van der Waals surface area contributed by atoms with Gasteiger partial charge in [-0.05, 0) is 30.7 Å². The molecule has 2 rings (SSSR count). The molecule has 1 amide bonds. The van der Waals surface area contributed by atoms with Crippen LogP contribution in [0.15, 0.2) is 24.3 Å². The molecule has 10 heteroatoms. The van der Waals surface area contributed by atoms with E-state index in [2.05, 4.69) is 10.6 Å². The number of sulfone groups is 1. The minimum absolute atomic E-state index is 0.0529. The fourth-order valence-corrected chi connectivity index (χ4v) is 4.38. The van der Waals surface area contributed by atoms with Crippen molar-refractivity contribution in [3.8, 4) is 5.75 Å². The van der Waals surface area contributed by atoms with E-state index in [1.807, 2.05) is 0 Å². The minimum atomic E-state index is -3.09. The molecule has 0 spiro atoms. The molecule has 1 heterocycles. The second-order valence-corrected chi connectivity index (χ2v) is 10.0. The zero-order valence-electron chi connectivity index (χ0n) is 12.8. The normalized spacial score (nSPS) is 21.2. The molecule has 0 bridgehead atoms. The van der Waals surface area contributed by atoms with Gasteiger partial charge in [-0.2, -0.15) is 0 Å². The summed E-state index contributed by atoms with van der Waals surface area (Å²) in [5.41, 5.74) is 0.357. The van der Waals surface area contributed by atoms with Crippen molar-refractivity contribution in [2.75, 3.05) is 18.6 Å². The van der Waals surface area contributed by atoms with Crippen LogP contribution >= 0.6 is 34.8 Å². The molecule has 0 saturated carbocycles. The smallest absolute Gasteiger partial charge is 0.252 e. The van der Waals surface area contributed by atoms with E-state index >= 15 is 0 Å². The Balaban J connectivity index is 2.06. The van der Waals surface area contributed by atoms with Crippen LogP contribution in [0.25, 0.3) is 0 Å². The van der Waals surface area contributed by atoms with Gasteiger partial charge in [0.05, 0.1) is 18.6 Å². The summed E-state index contributed by atoms with van der Waals surface area (Å²) in [5, 5.41) is 5.49. The number of ether oxygens (including phenoxy) is 1. The van der Waals surface area contributed by atoms with E-state index in [0.29, 0.717) is 17.7 Å². The van der Waals surface area contributed by atoms with Gasteiger partial charge in [-0.1, -0.05) is 34.8 Å². The van der Waals surface area contributed by atoms with Crippen LogP contribution in [0.2, 0.25) is 0 Å². The average molecular weight is 416 g/mol. The second kappa shape index (κ2) is 7.66. The summed E-state index contributed by atoms with van der Waals surface area (Å²) in [7, 11) is -1.57. The number of hydrogen-bond donors (Lipinski definition) is 2. The van der Waals surface area contributed by atoms with Crippen molar-refractivity contribution in [1.29, 1.82) is 0 Å². The van der Waals surface area contributed by atoms with Crippen LogP contribution in [0, 0.1) is 0 Å². The van der Waals surface area contributed by atoms with E-state index in [-0.39, 0.29) is 17.5 Å². The molecule has 1 aliphatic rings. The molecule has 24 heavy (non-hydrogen) atoms. The number of alkyl halides is 3. The van der Waals surface area contributed by atoms with Crippen molar-refractivity contribution in [2.45, 2.75) is 22.4 Å². The van der Waals surface area contributed by atoms with Crippen molar-refractivity contribution in [1.82, 2.24) is 10.6 Å². The number of hydrogen-bond acceptors (Lipinski definition) is 5. The molecule has 1 saturated heterocycles. The van der Waals surface area contributed by atoms with Gasteiger partial charge in [0.25, 0.3) is 5.91 Å². The average Bonchev–Trinajstić information content (AvgIpc) is 2.84. The summed E-state index contributed by atoms with van der Waals surface area (Å²) in [6.07, 6.45) is -0.631. The van der Waals surface area contributed by atoms with Gasteiger partial charge < -0.3 is 10.1 Å². The molecule has 1 aromatic carbocycles.